The van der Waals surface area contributed by atoms with Gasteiger partial charge in [0.2, 0.25) is 0 Å². The molecular weight excluding hydrogens is 1630 g/mol. The van der Waals surface area contributed by atoms with Gasteiger partial charge in [0.15, 0.2) is 22.4 Å². The fourth-order valence-electron chi connectivity index (χ4n) is 13.7. The lowest BCUT2D eigenvalue weighted by molar-refractivity contribution is 0.0971. The molecule has 0 fully saturated rings. The molecule has 0 spiro atoms. The number of unbranched alkanes of at least 4 members (excludes halogenated alkanes) is 2. The largest absolute Gasteiger partial charge is 0.506 e. The van der Waals surface area contributed by atoms with Crippen LogP contribution >= 0.6 is 0 Å². The number of nitrogens with one attached hydrogen (secondary N) is 2. The highest BCUT2D eigenvalue weighted by molar-refractivity contribution is 7.87. The Balaban J connectivity index is 0.000000205. The molecule has 9 N–H and O–H groups in total. The quantitative estimate of drug-likeness (QED) is 0.0163. The van der Waals surface area contributed by atoms with Crippen LogP contribution in [-0.4, -0.2) is 109 Å². The summed E-state index contributed by atoms with van der Waals surface area (Å²) in [5.74, 6) is -1.46. The number of hydrogen-bond donors (Lipinski definition) is 9. The molecule has 36 heteroatoms. The van der Waals surface area contributed by atoms with Crippen LogP contribution in [-0.2, 0) is 74.0 Å². The van der Waals surface area contributed by atoms with Crippen molar-refractivity contribution in [1.82, 2.24) is 9.97 Å². The van der Waals surface area contributed by atoms with Gasteiger partial charge in [0, 0.05) is 66.7 Å². The van der Waals surface area contributed by atoms with Gasteiger partial charge in [-0.3, -0.25) is 51.5 Å². The minimum absolute atomic E-state index is 0.00767. The number of nitrogens with zero attached hydrogens (tertiary/aromatic N) is 2. The van der Waals surface area contributed by atoms with Crippen molar-refractivity contribution in [3.05, 3.63) is 318 Å². The van der Waals surface area contributed by atoms with E-state index in [1.807, 2.05) is 6.07 Å². The zero-order chi connectivity index (χ0) is 83.7. The Labute approximate surface area is 657 Å². The Morgan fingerprint density at radius 3 is 1.04 bits per heavy atom. The average molecular weight is 1690 g/mol. The van der Waals surface area contributed by atoms with Crippen LogP contribution < -0.4 is 43.0 Å². The van der Waals surface area contributed by atoms with Crippen LogP contribution in [0, 0.1) is 20.9 Å². The Bertz CT molecular complexity index is 7660. The summed E-state index contributed by atoms with van der Waals surface area (Å²) in [5.41, 5.74) is -3.65. The summed E-state index contributed by atoms with van der Waals surface area (Å²) < 4.78 is 201. The van der Waals surface area contributed by atoms with E-state index in [-0.39, 0.29) is 128 Å². The molecule has 0 saturated heterocycles. The fraction of sp³-hybridized carbons (Fsp3) is 0.100. The van der Waals surface area contributed by atoms with E-state index >= 15 is 0 Å². The second kappa shape index (κ2) is 33.1. The highest BCUT2D eigenvalue weighted by atomic mass is 32.2. The van der Waals surface area contributed by atoms with Crippen molar-refractivity contribution in [2.45, 2.75) is 75.8 Å². The summed E-state index contributed by atoms with van der Waals surface area (Å²) >= 11 is 0. The predicted molar refractivity (Wildman–Crippen MR) is 425 cm³/mol. The number of Topliss-reactive ketones (excluding diaryl/α,β-unsaturated/α-hetero) is 2. The SMILES string of the molecule is O=C(CCCCc1ccc(S(=O)(=O)O)c(Nc2cc(S(=O)(=O)O)c3nc(=O)c(=C(O)c4ccccc4)c4c5ccccc5c(=O)c2c3=4)c1)c1cccc(S(=O)(=O)O)c1.O=C(CCCCc1ccc(S(=O)(=O)O)c(Nc2cc(S(=O)(=O)O)c3nc(=O)c(=C(O)c4ccccc4)c4c5ccccc5c(=O)c2c3=4)c1)c1ccccc1.O=S(=O)=O. The van der Waals surface area contributed by atoms with E-state index in [1.54, 1.807) is 97.1 Å². The molecule has 0 radical (unpaired) electrons. The Kier molecular flexibility index (Phi) is 23.6. The molecule has 14 rings (SSSR count). The number of aliphatic hydroxyl groups excluding tert-OH is 2. The smallest absolute Gasteiger partial charge is 0.425 e. The number of carbonyl (C=O) groups excluding carboxylic acids is 2. The van der Waals surface area contributed by atoms with Gasteiger partial charge in [-0.15, -0.1) is 12.6 Å². The molecule has 10 aromatic carbocycles. The molecule has 116 heavy (non-hydrogen) atoms. The van der Waals surface area contributed by atoms with Crippen LogP contribution in [0.2, 0.25) is 0 Å². The summed E-state index contributed by atoms with van der Waals surface area (Å²) in [6.45, 7) is 0. The van der Waals surface area contributed by atoms with E-state index in [9.17, 15) is 104 Å². The standard InChI is InChI=1S/C40H30N2O13S3.C40H30N2O10S2.O3S/c43-30(24-12-8-13-25(20-24)56(47,48)49)16-7-4-9-22-17-18-31(57(50,51)52)28(19-22)41-29-21-32(58(53,54)55)37-35-33(26-14-5-6-15-27(26)39(45)34(29)35)36(40(46)42-37)38(44)23-10-2-1-3-11-23;43-30(24-12-3-1-4-13-24)18-10-7-11-23-19-20-31(53(47,48)49)28(21-23)41-29-22-32(54(50,51)52)37-35-33(26-16-8-9-17-27(26)39(45)34(29)35)36(40(46)42-37)38(44)25-14-5-2-6-15-25;1-4(2)3/h1-3,5-6,8,10-15,17-21,41,44H,4,7,9,16H2,(H,47,48,49)(H,50,51,52)(H,53,54,55);1-6,8-9,12-17,19-22,41,44H,7,10-11,18H2,(H,47,48,49)(H,50,51,52);. The lowest BCUT2D eigenvalue weighted by atomic mass is 9.96. The van der Waals surface area contributed by atoms with Crippen molar-refractivity contribution in [2.75, 3.05) is 10.6 Å². The van der Waals surface area contributed by atoms with Gasteiger partial charge >= 0.3 is 10.6 Å². The van der Waals surface area contributed by atoms with Gasteiger partial charge in [0.25, 0.3) is 61.7 Å². The number of benzene rings is 10. The lowest BCUT2D eigenvalue weighted by Crippen LogP contribution is -2.33. The molecule has 0 aromatic heterocycles. The Morgan fingerprint density at radius 1 is 0.345 bits per heavy atom. The van der Waals surface area contributed by atoms with Crippen LogP contribution in [0.15, 0.2) is 256 Å². The average Bonchev–Trinajstić information content (AvgIpc) is 0.707. The van der Waals surface area contributed by atoms with Crippen LogP contribution in [0.1, 0.15) is 81.5 Å². The minimum Gasteiger partial charge on any atom is -0.506 e. The van der Waals surface area contributed by atoms with E-state index < -0.39 is 136 Å². The maximum absolute atomic E-state index is 14.4. The first kappa shape index (κ1) is 82.9. The minimum atomic E-state index is -5.22. The van der Waals surface area contributed by atoms with Crippen molar-refractivity contribution in [3.8, 4) is 0 Å². The second-order valence-corrected chi connectivity index (χ2v) is 33.6. The maximum atomic E-state index is 14.4. The zero-order valence-electron chi connectivity index (χ0n) is 59.6. The molecule has 0 bridgehead atoms. The van der Waals surface area contributed by atoms with Gasteiger partial charge in [-0.1, -0.05) is 164 Å². The number of hydrogen-bond acceptors (Lipinski definition) is 25. The van der Waals surface area contributed by atoms with E-state index in [2.05, 4.69) is 20.6 Å². The molecule has 0 unspecified atom stereocenters. The summed E-state index contributed by atoms with van der Waals surface area (Å²) in [4.78, 5) is 86.0. The number of aryl methyl sites for hydroxylation is 2. The third-order valence-corrected chi connectivity index (χ3v) is 23.2. The van der Waals surface area contributed by atoms with Gasteiger partial charge < -0.3 is 20.8 Å². The molecule has 2 aliphatic carbocycles. The number of aliphatic hydroxyl groups is 2. The second-order valence-electron chi connectivity index (χ2n) is 26.2. The first-order valence-corrected chi connectivity index (χ1v) is 42.6. The lowest BCUT2D eigenvalue weighted by Gasteiger charge is -2.17. The van der Waals surface area contributed by atoms with Crippen LogP contribution in [0.4, 0.5) is 22.7 Å². The first-order valence-electron chi connectivity index (χ1n) is 34.4. The van der Waals surface area contributed by atoms with Crippen LogP contribution in [0.3, 0.4) is 0 Å². The van der Waals surface area contributed by atoms with Crippen molar-refractivity contribution in [2.24, 2.45) is 0 Å². The summed E-state index contributed by atoms with van der Waals surface area (Å²) in [6, 6.07) is 51.4. The molecule has 592 valence electrons. The maximum Gasteiger partial charge on any atom is 0.425 e. The molecular formula is C80H60N4O26S6. The summed E-state index contributed by atoms with van der Waals surface area (Å²) in [7, 11) is -27.9. The highest BCUT2D eigenvalue weighted by Gasteiger charge is 2.30. The fourth-order valence-corrected chi connectivity index (χ4v) is 16.8. The zero-order valence-corrected chi connectivity index (χ0v) is 64.5. The third kappa shape index (κ3) is 17.5. The van der Waals surface area contributed by atoms with Crippen molar-refractivity contribution in [3.63, 3.8) is 0 Å². The molecule has 0 amide bonds. The number of ketones is 2. The molecule has 2 heterocycles. The van der Waals surface area contributed by atoms with Crippen LogP contribution in [0.5, 0.6) is 0 Å². The predicted octanol–water partition coefficient (Wildman–Crippen LogP) is 9.32. The van der Waals surface area contributed by atoms with Gasteiger partial charge in [-0.2, -0.15) is 42.1 Å². The van der Waals surface area contributed by atoms with E-state index in [1.165, 1.54) is 72.8 Å². The van der Waals surface area contributed by atoms with Gasteiger partial charge in [0.1, 0.15) is 31.1 Å². The van der Waals surface area contributed by atoms with Gasteiger partial charge in [0.05, 0.1) is 59.9 Å². The normalized spacial score (nSPS) is 12.6. The molecule has 2 aliphatic heterocycles. The molecule has 30 nitrogen and oxygen atoms in total. The van der Waals surface area contributed by atoms with E-state index in [0.717, 1.165) is 36.4 Å². The molecule has 0 atom stereocenters. The summed E-state index contributed by atoms with van der Waals surface area (Å²) in [6.07, 6.45) is 2.60. The third-order valence-electron chi connectivity index (χ3n) is 18.8. The molecule has 4 aliphatic rings. The first-order chi connectivity index (χ1) is 54.8. The van der Waals surface area contributed by atoms with Gasteiger partial charge in [-0.25, -0.2) is 9.97 Å². The number of fused-ring (bicyclic) bond motifs is 4. The summed E-state index contributed by atoms with van der Waals surface area (Å²) in [5, 5.41) is 27.3. The highest BCUT2D eigenvalue weighted by Crippen LogP contribution is 2.37. The van der Waals surface area contributed by atoms with Crippen molar-refractivity contribution < 1.29 is 97.3 Å². The number of rotatable bonds is 23. The molecule has 0 saturated carbocycles. The van der Waals surface area contributed by atoms with E-state index in [0.29, 0.717) is 48.8 Å². The van der Waals surface area contributed by atoms with E-state index in [4.69, 9.17) is 12.6 Å². The monoisotopic (exact) mass is 1680 g/mol. The van der Waals surface area contributed by atoms with Crippen LogP contribution in [0.25, 0.3) is 54.9 Å². The number of aromatic nitrogens is 2. The Morgan fingerprint density at radius 2 is 0.681 bits per heavy atom. The number of carbonyl (C=O) groups is 2. The van der Waals surface area contributed by atoms with Crippen molar-refractivity contribution in [1.29, 1.82) is 0 Å². The number of anilines is 4. The van der Waals surface area contributed by atoms with Crippen molar-refractivity contribution >= 4 is 150 Å². The Hall–Kier alpha value is -12.6. The topological polar surface area (TPSA) is 516 Å². The van der Waals surface area contributed by atoms with Gasteiger partial charge in [-0.05, 0) is 109 Å². The molecule has 10 aromatic rings.